The van der Waals surface area contributed by atoms with E-state index in [1.54, 1.807) is 53.4 Å². The molecule has 2 heterocycles. The number of para-hydroxylation sites is 1. The number of nitrogens with one attached hydrogen (secondary N) is 2. The van der Waals surface area contributed by atoms with Crippen molar-refractivity contribution in [1.82, 2.24) is 15.1 Å². The molecular formula is C20H18N4O4. The van der Waals surface area contributed by atoms with Crippen LogP contribution in [0.25, 0.3) is 10.8 Å². The standard InChI is InChI=1S/C20H18N4O4/c25-18-14-6-2-1-5-13(14)17(22-23-18)19(26)21-16-8-4-3-7-15(16)20(27)24-9-11-28-12-10-24/h1-8H,9-12H2,(H,21,26)(H,23,25). The summed E-state index contributed by atoms with van der Waals surface area (Å²) in [6.45, 7) is 2.00. The van der Waals surface area contributed by atoms with Gasteiger partial charge in [0.25, 0.3) is 17.4 Å². The zero-order chi connectivity index (χ0) is 19.5. The van der Waals surface area contributed by atoms with Gasteiger partial charge in [0.05, 0.1) is 29.9 Å². The summed E-state index contributed by atoms with van der Waals surface area (Å²) in [5.74, 6) is -0.673. The number of carbonyl (C=O) groups is 2. The minimum absolute atomic E-state index is 0.0869. The molecule has 8 nitrogen and oxygen atoms in total. The third-order valence-corrected chi connectivity index (χ3v) is 4.62. The summed E-state index contributed by atoms with van der Waals surface area (Å²) >= 11 is 0. The zero-order valence-electron chi connectivity index (χ0n) is 15.0. The molecule has 0 atom stereocenters. The van der Waals surface area contributed by atoms with Crippen LogP contribution in [0.2, 0.25) is 0 Å². The molecule has 1 aromatic heterocycles. The summed E-state index contributed by atoms with van der Waals surface area (Å²) in [5.41, 5.74) is 0.506. The van der Waals surface area contributed by atoms with Gasteiger partial charge in [0.2, 0.25) is 0 Å². The molecule has 8 heteroatoms. The van der Waals surface area contributed by atoms with E-state index in [1.807, 2.05) is 0 Å². The Bertz CT molecular complexity index is 1100. The van der Waals surface area contributed by atoms with Gasteiger partial charge in [-0.25, -0.2) is 5.10 Å². The smallest absolute Gasteiger partial charge is 0.276 e. The number of rotatable bonds is 3. The van der Waals surface area contributed by atoms with E-state index >= 15 is 0 Å². The molecule has 2 amide bonds. The van der Waals surface area contributed by atoms with E-state index in [0.717, 1.165) is 0 Å². The number of morpholine rings is 1. The van der Waals surface area contributed by atoms with Crippen LogP contribution in [-0.4, -0.2) is 53.2 Å². The molecule has 142 valence electrons. The molecule has 0 saturated carbocycles. The van der Waals surface area contributed by atoms with Crippen molar-refractivity contribution < 1.29 is 14.3 Å². The van der Waals surface area contributed by atoms with Crippen LogP contribution in [-0.2, 0) is 4.74 Å². The Kier molecular flexibility index (Phi) is 4.86. The van der Waals surface area contributed by atoms with E-state index in [9.17, 15) is 14.4 Å². The van der Waals surface area contributed by atoms with Crippen molar-refractivity contribution in [2.45, 2.75) is 0 Å². The number of amides is 2. The predicted octanol–water partition coefficient (Wildman–Crippen LogP) is 1.65. The molecule has 1 aliphatic heterocycles. The lowest BCUT2D eigenvalue weighted by molar-refractivity contribution is 0.0303. The highest BCUT2D eigenvalue weighted by Crippen LogP contribution is 2.20. The van der Waals surface area contributed by atoms with Gasteiger partial charge < -0.3 is 15.0 Å². The van der Waals surface area contributed by atoms with Crippen molar-refractivity contribution in [1.29, 1.82) is 0 Å². The van der Waals surface area contributed by atoms with Crippen molar-refractivity contribution in [3.05, 3.63) is 70.1 Å². The van der Waals surface area contributed by atoms with E-state index < -0.39 is 5.91 Å². The molecule has 1 saturated heterocycles. The van der Waals surface area contributed by atoms with Gasteiger partial charge in [-0.3, -0.25) is 14.4 Å². The third-order valence-electron chi connectivity index (χ3n) is 4.62. The van der Waals surface area contributed by atoms with Gasteiger partial charge in [-0.1, -0.05) is 30.3 Å². The number of aromatic nitrogens is 2. The average molecular weight is 378 g/mol. The molecule has 0 spiro atoms. The average Bonchev–Trinajstić information content (AvgIpc) is 2.74. The van der Waals surface area contributed by atoms with Crippen molar-refractivity contribution in [2.75, 3.05) is 31.6 Å². The Morgan fingerprint density at radius 1 is 1.00 bits per heavy atom. The first kappa shape index (κ1) is 17.9. The Morgan fingerprint density at radius 2 is 1.68 bits per heavy atom. The summed E-state index contributed by atoms with van der Waals surface area (Å²) in [5, 5.41) is 9.83. The molecule has 0 aliphatic carbocycles. The van der Waals surface area contributed by atoms with Crippen LogP contribution in [0.15, 0.2) is 53.3 Å². The van der Waals surface area contributed by atoms with Gasteiger partial charge >= 0.3 is 0 Å². The quantitative estimate of drug-likeness (QED) is 0.721. The first-order chi connectivity index (χ1) is 13.6. The van der Waals surface area contributed by atoms with Crippen LogP contribution in [0.4, 0.5) is 5.69 Å². The van der Waals surface area contributed by atoms with E-state index in [2.05, 4.69) is 15.5 Å². The summed E-state index contributed by atoms with van der Waals surface area (Å²) in [6, 6.07) is 13.6. The monoisotopic (exact) mass is 378 g/mol. The highest BCUT2D eigenvalue weighted by Gasteiger charge is 2.22. The van der Waals surface area contributed by atoms with E-state index in [1.165, 1.54) is 0 Å². The van der Waals surface area contributed by atoms with Crippen molar-refractivity contribution in [3.8, 4) is 0 Å². The lowest BCUT2D eigenvalue weighted by Gasteiger charge is -2.27. The Balaban J connectivity index is 1.65. The molecule has 1 aliphatic rings. The van der Waals surface area contributed by atoms with Gasteiger partial charge in [-0.05, 0) is 18.2 Å². The fraction of sp³-hybridized carbons (Fsp3) is 0.200. The maximum atomic E-state index is 12.9. The highest BCUT2D eigenvalue weighted by atomic mass is 16.5. The second kappa shape index (κ2) is 7.61. The molecule has 0 unspecified atom stereocenters. The fourth-order valence-electron chi connectivity index (χ4n) is 3.18. The molecule has 0 bridgehead atoms. The van der Waals surface area contributed by atoms with E-state index in [4.69, 9.17) is 4.74 Å². The second-order valence-corrected chi connectivity index (χ2v) is 6.35. The summed E-state index contributed by atoms with van der Waals surface area (Å²) in [6.07, 6.45) is 0. The normalized spacial score (nSPS) is 14.1. The van der Waals surface area contributed by atoms with Crippen molar-refractivity contribution in [3.63, 3.8) is 0 Å². The molecule has 3 aromatic rings. The number of fused-ring (bicyclic) bond motifs is 1. The minimum atomic E-state index is -0.505. The van der Waals surface area contributed by atoms with Crippen molar-refractivity contribution in [2.24, 2.45) is 0 Å². The van der Waals surface area contributed by atoms with Crippen LogP contribution in [0.3, 0.4) is 0 Å². The van der Waals surface area contributed by atoms with Crippen LogP contribution < -0.4 is 10.9 Å². The summed E-state index contributed by atoms with van der Waals surface area (Å²) in [7, 11) is 0. The lowest BCUT2D eigenvalue weighted by Crippen LogP contribution is -2.41. The summed E-state index contributed by atoms with van der Waals surface area (Å²) in [4.78, 5) is 39.3. The number of aromatic amines is 1. The maximum Gasteiger partial charge on any atom is 0.276 e. The van der Waals surface area contributed by atoms with Gasteiger partial charge in [0.1, 0.15) is 0 Å². The number of hydrogen-bond acceptors (Lipinski definition) is 5. The number of hydrogen-bond donors (Lipinski definition) is 2. The van der Waals surface area contributed by atoms with Gasteiger partial charge in [0, 0.05) is 18.5 Å². The Hall–Kier alpha value is -3.52. The third kappa shape index (κ3) is 3.37. The second-order valence-electron chi connectivity index (χ2n) is 6.35. The molecule has 4 rings (SSSR count). The number of anilines is 1. The first-order valence-electron chi connectivity index (χ1n) is 8.90. The molecule has 1 fully saturated rings. The molecule has 2 N–H and O–H groups in total. The van der Waals surface area contributed by atoms with Crippen LogP contribution in [0, 0.1) is 0 Å². The Labute approximate surface area is 160 Å². The van der Waals surface area contributed by atoms with E-state index in [-0.39, 0.29) is 17.2 Å². The molecule has 0 radical (unpaired) electrons. The van der Waals surface area contributed by atoms with E-state index in [0.29, 0.717) is 48.3 Å². The molecular weight excluding hydrogens is 360 g/mol. The van der Waals surface area contributed by atoms with Crippen molar-refractivity contribution >= 4 is 28.3 Å². The number of H-pyrrole nitrogens is 1. The first-order valence-corrected chi connectivity index (χ1v) is 8.90. The number of ether oxygens (including phenoxy) is 1. The van der Waals surface area contributed by atoms with Gasteiger partial charge in [-0.2, -0.15) is 5.10 Å². The molecule has 28 heavy (non-hydrogen) atoms. The zero-order valence-corrected chi connectivity index (χ0v) is 15.0. The maximum absolute atomic E-state index is 12.9. The Morgan fingerprint density at radius 3 is 2.46 bits per heavy atom. The molecule has 2 aromatic carbocycles. The largest absolute Gasteiger partial charge is 0.378 e. The van der Waals surface area contributed by atoms with Crippen LogP contribution in [0.5, 0.6) is 0 Å². The lowest BCUT2D eigenvalue weighted by atomic mass is 10.1. The number of carbonyl (C=O) groups excluding carboxylic acids is 2. The minimum Gasteiger partial charge on any atom is -0.378 e. The number of benzene rings is 2. The summed E-state index contributed by atoms with van der Waals surface area (Å²) < 4.78 is 5.29. The van der Waals surface area contributed by atoms with Gasteiger partial charge in [0.15, 0.2) is 5.69 Å². The van der Waals surface area contributed by atoms with Crippen LogP contribution in [0.1, 0.15) is 20.8 Å². The predicted molar refractivity (Wildman–Crippen MR) is 103 cm³/mol. The van der Waals surface area contributed by atoms with Gasteiger partial charge in [-0.15, -0.1) is 0 Å². The number of nitrogens with zero attached hydrogens (tertiary/aromatic N) is 2. The SMILES string of the molecule is O=C(Nc1ccccc1C(=O)N1CCOCC1)c1n[nH]c(=O)c2ccccc12. The topological polar surface area (TPSA) is 104 Å². The van der Waals surface area contributed by atoms with Crippen LogP contribution >= 0.6 is 0 Å². The fourth-order valence-corrected chi connectivity index (χ4v) is 3.18. The highest BCUT2D eigenvalue weighted by molar-refractivity contribution is 6.13.